The molecule has 1 atom stereocenters. The predicted octanol–water partition coefficient (Wildman–Crippen LogP) is 1.09. The molecule has 1 aromatic carbocycles. The lowest BCUT2D eigenvalue weighted by Gasteiger charge is -2.17. The normalized spacial score (nSPS) is 11.8. The Morgan fingerprint density at radius 1 is 1.50 bits per heavy atom. The summed E-state index contributed by atoms with van der Waals surface area (Å²) in [4.78, 5) is 11.6. The minimum absolute atomic E-state index is 0.151. The van der Waals surface area contributed by atoms with Crippen LogP contribution in [0, 0.1) is 0 Å². The molecule has 5 heteroatoms. The van der Waals surface area contributed by atoms with Crippen molar-refractivity contribution in [1.29, 1.82) is 0 Å². The topological polar surface area (TPSA) is 67.8 Å². The van der Waals surface area contributed by atoms with Gasteiger partial charge in [-0.2, -0.15) is 0 Å². The van der Waals surface area contributed by atoms with Crippen molar-refractivity contribution in [2.45, 2.75) is 26.6 Å². The number of hydrogen-bond donors (Lipinski definition) is 2. The molecule has 1 unspecified atom stereocenters. The van der Waals surface area contributed by atoms with Crippen LogP contribution in [0.1, 0.15) is 19.4 Å². The van der Waals surface area contributed by atoms with E-state index in [4.69, 9.17) is 9.47 Å². The number of aliphatic hydroxyl groups is 1. The number of carbonyl (C=O) groups excluding carboxylic acids is 1. The molecule has 2 N–H and O–H groups in total. The summed E-state index contributed by atoms with van der Waals surface area (Å²) in [5.74, 6) is 0.880. The van der Waals surface area contributed by atoms with E-state index in [1.54, 1.807) is 32.2 Å². The maximum absolute atomic E-state index is 11.6. The number of hydrogen-bond acceptors (Lipinski definition) is 4. The maximum atomic E-state index is 11.6. The van der Waals surface area contributed by atoms with E-state index in [-0.39, 0.29) is 12.5 Å². The highest BCUT2D eigenvalue weighted by Crippen LogP contribution is 2.25. The predicted molar refractivity (Wildman–Crippen MR) is 67.7 cm³/mol. The van der Waals surface area contributed by atoms with E-state index in [2.05, 4.69) is 5.32 Å². The molecule has 0 saturated carbocycles. The van der Waals surface area contributed by atoms with Gasteiger partial charge in [-0.25, -0.2) is 0 Å². The van der Waals surface area contributed by atoms with Crippen molar-refractivity contribution in [1.82, 2.24) is 5.32 Å². The molecule has 0 heterocycles. The Balaban J connectivity index is 2.84. The van der Waals surface area contributed by atoms with Crippen molar-refractivity contribution in [3.63, 3.8) is 0 Å². The third kappa shape index (κ3) is 3.63. The third-order valence-electron chi connectivity index (χ3n) is 2.47. The van der Waals surface area contributed by atoms with Crippen LogP contribution in [0.25, 0.3) is 0 Å². The number of benzene rings is 1. The second-order valence-corrected chi connectivity index (χ2v) is 3.79. The van der Waals surface area contributed by atoms with E-state index >= 15 is 0 Å². The molecule has 0 aromatic heterocycles. The second kappa shape index (κ2) is 6.86. The highest BCUT2D eigenvalue weighted by Gasteiger charge is 2.15. The number of carbonyl (C=O) groups is 1. The number of nitrogens with one attached hydrogen (secondary N) is 1. The van der Waals surface area contributed by atoms with Crippen molar-refractivity contribution in [3.8, 4) is 11.5 Å². The summed E-state index contributed by atoms with van der Waals surface area (Å²) in [6.07, 6.45) is -0.623. The van der Waals surface area contributed by atoms with Gasteiger partial charge in [0.2, 0.25) is 0 Å². The average molecular weight is 253 g/mol. The maximum Gasteiger partial charge on any atom is 0.260 e. The van der Waals surface area contributed by atoms with Crippen LogP contribution >= 0.6 is 0 Å². The molecule has 0 aliphatic heterocycles. The van der Waals surface area contributed by atoms with Crippen LogP contribution in [0.5, 0.6) is 11.5 Å². The van der Waals surface area contributed by atoms with Gasteiger partial charge in [0.15, 0.2) is 6.10 Å². The molecule has 1 amide bonds. The van der Waals surface area contributed by atoms with Crippen LogP contribution in [0.15, 0.2) is 18.2 Å². The van der Waals surface area contributed by atoms with Crippen LogP contribution in [0.2, 0.25) is 0 Å². The van der Waals surface area contributed by atoms with Gasteiger partial charge in [0.1, 0.15) is 11.5 Å². The van der Waals surface area contributed by atoms with Gasteiger partial charge >= 0.3 is 0 Å². The standard InChI is InChI=1S/C13H19NO4/c1-4-14-13(16)9(2)18-12-7-11(17-3)6-5-10(12)8-15/h5-7,9,15H,4,8H2,1-3H3,(H,14,16). The zero-order chi connectivity index (χ0) is 13.5. The summed E-state index contributed by atoms with van der Waals surface area (Å²) in [6, 6.07) is 5.09. The van der Waals surface area contributed by atoms with Gasteiger partial charge in [0.05, 0.1) is 13.7 Å². The van der Waals surface area contributed by atoms with Crippen LogP contribution in [-0.4, -0.2) is 30.8 Å². The van der Waals surface area contributed by atoms with Crippen LogP contribution in [0.4, 0.5) is 0 Å². The van der Waals surface area contributed by atoms with E-state index < -0.39 is 6.10 Å². The number of rotatable bonds is 6. The Bertz CT molecular complexity index is 406. The van der Waals surface area contributed by atoms with Crippen molar-refractivity contribution in [2.75, 3.05) is 13.7 Å². The summed E-state index contributed by atoms with van der Waals surface area (Å²) in [5.41, 5.74) is 0.618. The lowest BCUT2D eigenvalue weighted by atomic mass is 10.2. The fraction of sp³-hybridized carbons (Fsp3) is 0.462. The monoisotopic (exact) mass is 253 g/mol. The molecular formula is C13H19NO4. The fourth-order valence-electron chi connectivity index (χ4n) is 1.46. The van der Waals surface area contributed by atoms with Gasteiger partial charge in [-0.3, -0.25) is 4.79 Å². The van der Waals surface area contributed by atoms with Gasteiger partial charge in [0.25, 0.3) is 5.91 Å². The Morgan fingerprint density at radius 3 is 2.78 bits per heavy atom. The number of likely N-dealkylation sites (N-methyl/N-ethyl adjacent to an activating group) is 1. The molecule has 0 bridgehead atoms. The Labute approximate surface area is 107 Å². The van der Waals surface area contributed by atoms with Gasteiger partial charge in [-0.15, -0.1) is 0 Å². The third-order valence-corrected chi connectivity index (χ3v) is 2.47. The molecule has 0 spiro atoms. The fourth-order valence-corrected chi connectivity index (χ4v) is 1.46. The zero-order valence-electron chi connectivity index (χ0n) is 10.9. The molecule has 5 nitrogen and oxygen atoms in total. The smallest absolute Gasteiger partial charge is 0.260 e. The first-order valence-electron chi connectivity index (χ1n) is 5.84. The van der Waals surface area contributed by atoms with Crippen molar-refractivity contribution >= 4 is 5.91 Å². The highest BCUT2D eigenvalue weighted by atomic mass is 16.5. The van der Waals surface area contributed by atoms with Crippen LogP contribution < -0.4 is 14.8 Å². The van der Waals surface area contributed by atoms with E-state index in [1.807, 2.05) is 6.92 Å². The van der Waals surface area contributed by atoms with E-state index in [0.29, 0.717) is 23.6 Å². The van der Waals surface area contributed by atoms with E-state index in [9.17, 15) is 9.90 Å². The summed E-state index contributed by atoms with van der Waals surface area (Å²) in [5, 5.41) is 11.9. The van der Waals surface area contributed by atoms with Crippen LogP contribution in [-0.2, 0) is 11.4 Å². The molecule has 0 aliphatic carbocycles. The number of ether oxygens (including phenoxy) is 2. The van der Waals surface area contributed by atoms with E-state index in [1.165, 1.54) is 0 Å². The molecule has 0 fully saturated rings. The molecule has 0 radical (unpaired) electrons. The van der Waals surface area contributed by atoms with Gasteiger partial charge in [0, 0.05) is 18.2 Å². The molecular weight excluding hydrogens is 234 g/mol. The first-order chi connectivity index (χ1) is 8.62. The molecule has 100 valence electrons. The number of amides is 1. The quantitative estimate of drug-likeness (QED) is 0.796. The molecule has 0 aliphatic rings. The summed E-state index contributed by atoms with van der Waals surface area (Å²) < 4.78 is 10.6. The SMILES string of the molecule is CCNC(=O)C(C)Oc1cc(OC)ccc1CO. The molecule has 18 heavy (non-hydrogen) atoms. The summed E-state index contributed by atoms with van der Waals surface area (Å²) in [6.45, 7) is 3.90. The van der Waals surface area contributed by atoms with Gasteiger partial charge in [-0.1, -0.05) is 0 Å². The lowest BCUT2D eigenvalue weighted by molar-refractivity contribution is -0.127. The minimum Gasteiger partial charge on any atom is -0.497 e. The van der Waals surface area contributed by atoms with Gasteiger partial charge in [-0.05, 0) is 26.0 Å². The van der Waals surface area contributed by atoms with Crippen molar-refractivity contribution in [3.05, 3.63) is 23.8 Å². The first kappa shape index (κ1) is 14.3. The number of methoxy groups -OCH3 is 1. The second-order valence-electron chi connectivity index (χ2n) is 3.79. The Morgan fingerprint density at radius 2 is 2.22 bits per heavy atom. The number of aliphatic hydroxyl groups excluding tert-OH is 1. The lowest BCUT2D eigenvalue weighted by Crippen LogP contribution is -2.36. The zero-order valence-corrected chi connectivity index (χ0v) is 10.9. The summed E-state index contributed by atoms with van der Waals surface area (Å²) in [7, 11) is 1.55. The molecule has 1 aromatic rings. The van der Waals surface area contributed by atoms with E-state index in [0.717, 1.165) is 0 Å². The van der Waals surface area contributed by atoms with Gasteiger partial charge < -0.3 is 19.9 Å². The highest BCUT2D eigenvalue weighted by molar-refractivity contribution is 5.80. The minimum atomic E-state index is -0.623. The van der Waals surface area contributed by atoms with Crippen molar-refractivity contribution < 1.29 is 19.4 Å². The first-order valence-corrected chi connectivity index (χ1v) is 5.84. The Hall–Kier alpha value is -1.75. The largest absolute Gasteiger partial charge is 0.497 e. The Kier molecular flexibility index (Phi) is 5.45. The van der Waals surface area contributed by atoms with Crippen LogP contribution in [0.3, 0.4) is 0 Å². The molecule has 0 saturated heterocycles. The van der Waals surface area contributed by atoms with Crippen molar-refractivity contribution in [2.24, 2.45) is 0 Å². The average Bonchev–Trinajstić information content (AvgIpc) is 2.38. The molecule has 1 rings (SSSR count). The summed E-state index contributed by atoms with van der Waals surface area (Å²) >= 11 is 0.